The van der Waals surface area contributed by atoms with E-state index in [4.69, 9.17) is 9.47 Å². The first-order chi connectivity index (χ1) is 12.0. The molecule has 0 aliphatic carbocycles. The predicted octanol–water partition coefficient (Wildman–Crippen LogP) is 4.28. The standard InChI is InChI=1S/C21H22O4/c1-15(2)18-11-9-16(3)19(13-18)25-21(23)14-24-20(22)12-10-17-7-5-4-6-8-17/h4-13,15H,14H2,1-3H3/b12-10+. The number of aryl methyl sites for hydroxylation is 1. The fourth-order valence-electron chi connectivity index (χ4n) is 2.14. The van der Waals surface area contributed by atoms with Crippen molar-refractivity contribution in [1.82, 2.24) is 0 Å². The molecule has 0 aliphatic heterocycles. The van der Waals surface area contributed by atoms with E-state index in [2.05, 4.69) is 13.8 Å². The van der Waals surface area contributed by atoms with E-state index in [0.29, 0.717) is 11.7 Å². The minimum atomic E-state index is -0.606. The summed E-state index contributed by atoms with van der Waals surface area (Å²) in [4.78, 5) is 23.6. The molecule has 0 heterocycles. The molecule has 4 nitrogen and oxygen atoms in total. The van der Waals surface area contributed by atoms with Crippen molar-refractivity contribution in [3.8, 4) is 5.75 Å². The summed E-state index contributed by atoms with van der Waals surface area (Å²) < 4.78 is 10.2. The highest BCUT2D eigenvalue weighted by molar-refractivity contribution is 5.88. The number of ether oxygens (including phenoxy) is 2. The van der Waals surface area contributed by atoms with Crippen molar-refractivity contribution in [2.45, 2.75) is 26.7 Å². The fourth-order valence-corrected chi connectivity index (χ4v) is 2.14. The Morgan fingerprint density at radius 3 is 2.48 bits per heavy atom. The molecule has 0 unspecified atom stereocenters. The summed E-state index contributed by atoms with van der Waals surface area (Å²) in [6.45, 7) is 5.57. The Hall–Kier alpha value is -2.88. The summed E-state index contributed by atoms with van der Waals surface area (Å²) in [5.41, 5.74) is 2.81. The molecular formula is C21H22O4. The van der Waals surface area contributed by atoms with Gasteiger partial charge in [0.15, 0.2) is 6.61 Å². The second-order valence-electron chi connectivity index (χ2n) is 6.01. The average molecular weight is 338 g/mol. The van der Waals surface area contributed by atoms with Crippen LogP contribution in [0.25, 0.3) is 6.08 Å². The molecule has 0 radical (unpaired) electrons. The topological polar surface area (TPSA) is 52.6 Å². The summed E-state index contributed by atoms with van der Waals surface area (Å²) in [5.74, 6) is -0.370. The van der Waals surface area contributed by atoms with Crippen LogP contribution in [0.3, 0.4) is 0 Å². The highest BCUT2D eigenvalue weighted by Gasteiger charge is 2.11. The molecule has 0 atom stereocenters. The van der Waals surface area contributed by atoms with Gasteiger partial charge in [-0.25, -0.2) is 9.59 Å². The molecule has 4 heteroatoms. The molecule has 0 fully saturated rings. The number of rotatable bonds is 6. The number of hydrogen-bond donors (Lipinski definition) is 0. The fraction of sp³-hybridized carbons (Fsp3) is 0.238. The van der Waals surface area contributed by atoms with Crippen LogP contribution >= 0.6 is 0 Å². The van der Waals surface area contributed by atoms with Gasteiger partial charge in [-0.15, -0.1) is 0 Å². The van der Waals surface area contributed by atoms with E-state index in [9.17, 15) is 9.59 Å². The summed E-state index contributed by atoms with van der Waals surface area (Å²) >= 11 is 0. The van der Waals surface area contributed by atoms with Crippen molar-refractivity contribution in [1.29, 1.82) is 0 Å². The van der Waals surface area contributed by atoms with Crippen molar-refractivity contribution < 1.29 is 19.1 Å². The smallest absolute Gasteiger partial charge is 0.349 e. The Labute approximate surface area is 148 Å². The zero-order valence-electron chi connectivity index (χ0n) is 14.7. The van der Waals surface area contributed by atoms with Gasteiger partial charge >= 0.3 is 11.9 Å². The van der Waals surface area contributed by atoms with Crippen molar-refractivity contribution in [2.75, 3.05) is 6.61 Å². The monoisotopic (exact) mass is 338 g/mol. The van der Waals surface area contributed by atoms with Crippen LogP contribution in [0.2, 0.25) is 0 Å². The molecule has 2 aromatic rings. The summed E-state index contributed by atoms with van der Waals surface area (Å²) in [5, 5.41) is 0. The van der Waals surface area contributed by atoms with Gasteiger partial charge in [0.05, 0.1) is 0 Å². The van der Waals surface area contributed by atoms with Gasteiger partial charge in [-0.3, -0.25) is 0 Å². The molecular weight excluding hydrogens is 316 g/mol. The third kappa shape index (κ3) is 5.92. The lowest BCUT2D eigenvalue weighted by Gasteiger charge is -2.11. The van der Waals surface area contributed by atoms with Crippen LogP contribution in [-0.2, 0) is 14.3 Å². The quantitative estimate of drug-likeness (QED) is 0.448. The van der Waals surface area contributed by atoms with Crippen molar-refractivity contribution in [3.63, 3.8) is 0 Å². The molecule has 0 aliphatic rings. The first kappa shape index (κ1) is 18.5. The first-order valence-corrected chi connectivity index (χ1v) is 8.17. The lowest BCUT2D eigenvalue weighted by Crippen LogP contribution is -2.18. The van der Waals surface area contributed by atoms with Crippen LogP contribution in [0, 0.1) is 6.92 Å². The van der Waals surface area contributed by atoms with E-state index in [1.165, 1.54) is 6.08 Å². The average Bonchev–Trinajstić information content (AvgIpc) is 2.60. The van der Waals surface area contributed by atoms with Crippen LogP contribution in [0.15, 0.2) is 54.6 Å². The van der Waals surface area contributed by atoms with Crippen LogP contribution < -0.4 is 4.74 Å². The van der Waals surface area contributed by atoms with E-state index in [1.54, 1.807) is 6.08 Å². The highest BCUT2D eigenvalue weighted by atomic mass is 16.6. The van der Waals surface area contributed by atoms with Crippen molar-refractivity contribution >= 4 is 18.0 Å². The summed E-state index contributed by atoms with van der Waals surface area (Å²) in [6.07, 6.45) is 2.91. The van der Waals surface area contributed by atoms with E-state index < -0.39 is 18.5 Å². The number of benzene rings is 2. The van der Waals surface area contributed by atoms with Gasteiger partial charge in [0.1, 0.15) is 5.75 Å². The van der Waals surface area contributed by atoms with E-state index >= 15 is 0 Å². The highest BCUT2D eigenvalue weighted by Crippen LogP contribution is 2.24. The lowest BCUT2D eigenvalue weighted by atomic mass is 10.0. The Bertz CT molecular complexity index is 761. The van der Waals surface area contributed by atoms with Gasteiger partial charge in [-0.2, -0.15) is 0 Å². The second kappa shape index (κ2) is 8.83. The van der Waals surface area contributed by atoms with Crippen LogP contribution in [0.4, 0.5) is 0 Å². The number of carbonyl (C=O) groups excluding carboxylic acids is 2. The summed E-state index contributed by atoms with van der Waals surface area (Å²) in [7, 11) is 0. The van der Waals surface area contributed by atoms with E-state index in [0.717, 1.165) is 16.7 Å². The molecule has 130 valence electrons. The molecule has 0 spiro atoms. The second-order valence-corrected chi connectivity index (χ2v) is 6.01. The predicted molar refractivity (Wildman–Crippen MR) is 97.3 cm³/mol. The van der Waals surface area contributed by atoms with Gasteiger partial charge in [0.2, 0.25) is 0 Å². The Kier molecular flexibility index (Phi) is 6.52. The maximum Gasteiger partial charge on any atom is 0.349 e. The zero-order chi connectivity index (χ0) is 18.2. The maximum absolute atomic E-state index is 11.9. The Morgan fingerprint density at radius 2 is 1.80 bits per heavy atom. The molecule has 0 bridgehead atoms. The minimum absolute atomic E-state index is 0.332. The third-order valence-corrected chi connectivity index (χ3v) is 3.65. The zero-order valence-corrected chi connectivity index (χ0v) is 14.7. The van der Waals surface area contributed by atoms with Gasteiger partial charge in [0.25, 0.3) is 0 Å². The molecule has 2 rings (SSSR count). The molecule has 0 aromatic heterocycles. The summed E-state index contributed by atoms with van der Waals surface area (Å²) in [6, 6.07) is 15.1. The molecule has 0 saturated carbocycles. The van der Waals surface area contributed by atoms with Gasteiger partial charge in [-0.1, -0.05) is 56.3 Å². The van der Waals surface area contributed by atoms with Crippen molar-refractivity contribution in [2.24, 2.45) is 0 Å². The molecule has 0 N–H and O–H groups in total. The van der Waals surface area contributed by atoms with Crippen LogP contribution in [0.1, 0.15) is 36.5 Å². The first-order valence-electron chi connectivity index (χ1n) is 8.17. The largest absolute Gasteiger partial charge is 0.450 e. The SMILES string of the molecule is Cc1ccc(C(C)C)cc1OC(=O)COC(=O)/C=C/c1ccccc1. The molecule has 0 amide bonds. The number of esters is 2. The van der Waals surface area contributed by atoms with Gasteiger partial charge in [-0.05, 0) is 41.7 Å². The number of carbonyl (C=O) groups is 2. The maximum atomic E-state index is 11.9. The number of hydrogen-bond acceptors (Lipinski definition) is 4. The normalized spacial score (nSPS) is 10.9. The molecule has 25 heavy (non-hydrogen) atoms. The Balaban J connectivity index is 1.87. The minimum Gasteiger partial charge on any atom is -0.450 e. The molecule has 0 saturated heterocycles. The van der Waals surface area contributed by atoms with Gasteiger partial charge < -0.3 is 9.47 Å². The van der Waals surface area contributed by atoms with Crippen LogP contribution in [-0.4, -0.2) is 18.5 Å². The van der Waals surface area contributed by atoms with Crippen molar-refractivity contribution in [3.05, 3.63) is 71.3 Å². The van der Waals surface area contributed by atoms with Crippen LogP contribution in [0.5, 0.6) is 5.75 Å². The lowest BCUT2D eigenvalue weighted by molar-refractivity contribution is -0.150. The van der Waals surface area contributed by atoms with E-state index in [-0.39, 0.29) is 0 Å². The van der Waals surface area contributed by atoms with Gasteiger partial charge in [0, 0.05) is 6.08 Å². The Morgan fingerprint density at radius 1 is 1.08 bits per heavy atom. The third-order valence-electron chi connectivity index (χ3n) is 3.65. The van der Waals surface area contributed by atoms with E-state index in [1.807, 2.05) is 55.5 Å². The molecule has 2 aromatic carbocycles.